The summed E-state index contributed by atoms with van der Waals surface area (Å²) in [5.41, 5.74) is -0.00944. The van der Waals surface area contributed by atoms with Crippen molar-refractivity contribution in [3.05, 3.63) is 11.1 Å². The van der Waals surface area contributed by atoms with Gasteiger partial charge in [0.05, 0.1) is 0 Å². The van der Waals surface area contributed by atoms with E-state index in [4.69, 9.17) is 0 Å². The third-order valence-corrected chi connectivity index (χ3v) is 4.27. The van der Waals surface area contributed by atoms with Crippen LogP contribution in [-0.4, -0.2) is 33.2 Å². The van der Waals surface area contributed by atoms with Crippen LogP contribution in [0.1, 0.15) is 34.6 Å². The highest BCUT2D eigenvalue weighted by Gasteiger charge is 2.65. The molecule has 1 saturated heterocycles. The summed E-state index contributed by atoms with van der Waals surface area (Å²) >= 11 is 0. The number of nitrogens with zero attached hydrogens (tertiary/aromatic N) is 1. The van der Waals surface area contributed by atoms with Crippen molar-refractivity contribution in [2.75, 3.05) is 0 Å². The van der Waals surface area contributed by atoms with Gasteiger partial charge in [0.15, 0.2) is 0 Å². The van der Waals surface area contributed by atoms with Gasteiger partial charge >= 0.3 is 0 Å². The van der Waals surface area contributed by atoms with E-state index in [1.54, 1.807) is 20.8 Å². The van der Waals surface area contributed by atoms with Crippen LogP contribution in [0.3, 0.4) is 0 Å². The second kappa shape index (κ2) is 3.10. The zero-order valence-electron chi connectivity index (χ0n) is 10.8. The van der Waals surface area contributed by atoms with Crippen LogP contribution < -0.4 is 5.32 Å². The summed E-state index contributed by atoms with van der Waals surface area (Å²) in [6.07, 6.45) is 0. The molecular formula is C12H18N2O3. The molecule has 0 aliphatic carbocycles. The summed E-state index contributed by atoms with van der Waals surface area (Å²) in [6.45, 7) is 8.75. The molecular weight excluding hydrogens is 220 g/mol. The highest BCUT2D eigenvalue weighted by atomic mass is 16.3. The van der Waals surface area contributed by atoms with Crippen LogP contribution in [0.15, 0.2) is 11.1 Å². The van der Waals surface area contributed by atoms with E-state index in [9.17, 15) is 14.7 Å². The lowest BCUT2D eigenvalue weighted by atomic mass is 9.87. The van der Waals surface area contributed by atoms with E-state index in [1.807, 2.05) is 13.8 Å². The van der Waals surface area contributed by atoms with Crippen LogP contribution in [0.5, 0.6) is 0 Å². The fourth-order valence-corrected chi connectivity index (χ4v) is 2.51. The number of carbonyl (C=O) groups is 2. The van der Waals surface area contributed by atoms with Crippen molar-refractivity contribution in [3.8, 4) is 0 Å². The van der Waals surface area contributed by atoms with Gasteiger partial charge in [0.25, 0.3) is 5.91 Å². The van der Waals surface area contributed by atoms with Gasteiger partial charge in [0.1, 0.15) is 5.54 Å². The molecule has 5 heteroatoms. The van der Waals surface area contributed by atoms with Gasteiger partial charge in [-0.2, -0.15) is 0 Å². The fraction of sp³-hybridized carbons (Fsp3) is 0.667. The van der Waals surface area contributed by atoms with E-state index in [0.29, 0.717) is 11.1 Å². The monoisotopic (exact) mass is 238 g/mol. The second-order valence-corrected chi connectivity index (χ2v) is 5.32. The normalized spacial score (nSPS) is 37.0. The summed E-state index contributed by atoms with van der Waals surface area (Å²) in [4.78, 5) is 25.5. The van der Waals surface area contributed by atoms with E-state index in [1.165, 1.54) is 4.90 Å². The molecule has 2 heterocycles. The van der Waals surface area contributed by atoms with Crippen LogP contribution in [0.2, 0.25) is 0 Å². The zero-order valence-corrected chi connectivity index (χ0v) is 10.8. The van der Waals surface area contributed by atoms with Crippen LogP contribution in [0.4, 0.5) is 0 Å². The Hall–Kier alpha value is -1.36. The smallest absolute Gasteiger partial charge is 0.254 e. The number of aliphatic hydroxyl groups is 1. The van der Waals surface area contributed by atoms with Crippen LogP contribution in [0.25, 0.3) is 0 Å². The average Bonchev–Trinajstić information content (AvgIpc) is 2.54. The molecule has 94 valence electrons. The summed E-state index contributed by atoms with van der Waals surface area (Å²) in [6, 6.07) is 0. The van der Waals surface area contributed by atoms with Crippen molar-refractivity contribution in [2.45, 2.75) is 46.0 Å². The molecule has 2 aliphatic rings. The van der Waals surface area contributed by atoms with Crippen LogP contribution in [0, 0.1) is 5.92 Å². The number of nitrogens with one attached hydrogen (secondary N) is 1. The van der Waals surface area contributed by atoms with Crippen molar-refractivity contribution >= 4 is 11.8 Å². The van der Waals surface area contributed by atoms with Gasteiger partial charge in [-0.25, -0.2) is 0 Å². The first-order valence-electron chi connectivity index (χ1n) is 5.75. The third-order valence-electron chi connectivity index (χ3n) is 4.27. The quantitative estimate of drug-likeness (QED) is 0.693. The summed E-state index contributed by atoms with van der Waals surface area (Å²) in [5, 5.41) is 13.0. The van der Waals surface area contributed by atoms with E-state index >= 15 is 0 Å². The topological polar surface area (TPSA) is 69.6 Å². The Bertz CT molecular complexity index is 455. The molecule has 17 heavy (non-hydrogen) atoms. The first kappa shape index (κ1) is 12.1. The van der Waals surface area contributed by atoms with Gasteiger partial charge in [0, 0.05) is 11.1 Å². The molecule has 0 saturated carbocycles. The molecule has 0 spiro atoms. The van der Waals surface area contributed by atoms with Gasteiger partial charge in [-0.05, 0) is 26.7 Å². The highest BCUT2D eigenvalue weighted by Crippen LogP contribution is 2.44. The SMILES string of the molecule is CC1=C(C)C2(O)NC(=O)C(C)(C(C)C)N2C1=O. The predicted molar refractivity (Wildman–Crippen MR) is 61.6 cm³/mol. The van der Waals surface area contributed by atoms with Crippen LogP contribution >= 0.6 is 0 Å². The van der Waals surface area contributed by atoms with Crippen molar-refractivity contribution in [1.82, 2.24) is 10.2 Å². The first-order chi connectivity index (χ1) is 7.67. The molecule has 1 fully saturated rings. The highest BCUT2D eigenvalue weighted by molar-refractivity contribution is 6.05. The Labute approximate surface area is 100 Å². The molecule has 0 bridgehead atoms. The number of amides is 2. The molecule has 2 aliphatic heterocycles. The minimum atomic E-state index is -1.64. The number of hydrogen-bond donors (Lipinski definition) is 2. The Morgan fingerprint density at radius 1 is 1.29 bits per heavy atom. The summed E-state index contributed by atoms with van der Waals surface area (Å²) in [7, 11) is 0. The minimum absolute atomic E-state index is 0.0841. The number of fused-ring (bicyclic) bond motifs is 1. The van der Waals surface area contributed by atoms with E-state index < -0.39 is 11.4 Å². The second-order valence-electron chi connectivity index (χ2n) is 5.32. The van der Waals surface area contributed by atoms with E-state index in [-0.39, 0.29) is 17.7 Å². The number of rotatable bonds is 1. The average molecular weight is 238 g/mol. The van der Waals surface area contributed by atoms with Crippen LogP contribution in [-0.2, 0) is 9.59 Å². The maximum absolute atomic E-state index is 12.2. The molecule has 2 amide bonds. The molecule has 0 aromatic rings. The van der Waals surface area contributed by atoms with Crippen molar-refractivity contribution < 1.29 is 14.7 Å². The lowest BCUT2D eigenvalue weighted by Gasteiger charge is -2.38. The molecule has 2 atom stereocenters. The molecule has 0 radical (unpaired) electrons. The zero-order chi connectivity index (χ0) is 13.2. The van der Waals surface area contributed by atoms with Gasteiger partial charge in [-0.3, -0.25) is 14.5 Å². The van der Waals surface area contributed by atoms with Gasteiger partial charge in [0.2, 0.25) is 11.8 Å². The van der Waals surface area contributed by atoms with Crippen molar-refractivity contribution in [2.24, 2.45) is 5.92 Å². The number of hydrogen-bond acceptors (Lipinski definition) is 3. The predicted octanol–water partition coefficient (Wildman–Crippen LogP) is 0.356. The van der Waals surface area contributed by atoms with E-state index in [0.717, 1.165) is 0 Å². The largest absolute Gasteiger partial charge is 0.350 e. The van der Waals surface area contributed by atoms with Gasteiger partial charge in [-0.1, -0.05) is 13.8 Å². The Morgan fingerprint density at radius 2 is 1.82 bits per heavy atom. The summed E-state index contributed by atoms with van der Waals surface area (Å²) < 4.78 is 0. The molecule has 5 nitrogen and oxygen atoms in total. The Morgan fingerprint density at radius 3 is 2.29 bits per heavy atom. The lowest BCUT2D eigenvalue weighted by molar-refractivity contribution is -0.153. The lowest BCUT2D eigenvalue weighted by Crippen LogP contribution is -2.57. The molecule has 2 N–H and O–H groups in total. The van der Waals surface area contributed by atoms with Crippen molar-refractivity contribution in [1.29, 1.82) is 0 Å². The summed E-state index contributed by atoms with van der Waals surface area (Å²) in [5.74, 6) is -2.31. The maximum atomic E-state index is 12.2. The van der Waals surface area contributed by atoms with Crippen molar-refractivity contribution in [3.63, 3.8) is 0 Å². The molecule has 2 rings (SSSR count). The third kappa shape index (κ3) is 1.12. The molecule has 0 aromatic heterocycles. The van der Waals surface area contributed by atoms with Gasteiger partial charge < -0.3 is 10.4 Å². The molecule has 0 aromatic carbocycles. The maximum Gasteiger partial charge on any atom is 0.254 e. The minimum Gasteiger partial charge on any atom is -0.350 e. The first-order valence-corrected chi connectivity index (χ1v) is 5.75. The number of carbonyl (C=O) groups excluding carboxylic acids is 2. The van der Waals surface area contributed by atoms with Gasteiger partial charge in [-0.15, -0.1) is 0 Å². The Balaban J connectivity index is 2.62. The fourth-order valence-electron chi connectivity index (χ4n) is 2.51. The standard InChI is InChI=1S/C12H18N2O3/c1-6(2)11(5)10(16)13-12(17)8(4)7(3)9(15)14(11)12/h6,17H,1-5H3,(H,13,16). The van der Waals surface area contributed by atoms with E-state index in [2.05, 4.69) is 5.32 Å². The molecule has 2 unspecified atom stereocenters. The Kier molecular flexibility index (Phi) is 2.21.